The second kappa shape index (κ2) is 5.24. The van der Waals surface area contributed by atoms with E-state index in [1.165, 1.54) is 33.3 Å². The minimum Gasteiger partial charge on any atom is -0.194 e. The zero-order valence-corrected chi connectivity index (χ0v) is 14.1. The molecule has 0 radical (unpaired) electrons. The maximum atomic E-state index is 2.32. The summed E-state index contributed by atoms with van der Waals surface area (Å²) < 4.78 is 2.30. The molecular weight excluding hydrogens is 266 g/mol. The fourth-order valence-electron chi connectivity index (χ4n) is 3.00. The fraction of sp³-hybridized carbons (Fsp3) is 0.286. The average molecular weight is 290 g/mol. The lowest BCUT2D eigenvalue weighted by Crippen LogP contribution is -2.32. The zero-order chi connectivity index (χ0) is 15.9. The quantitative estimate of drug-likeness (QED) is 0.559. The van der Waals surface area contributed by atoms with E-state index in [1.54, 1.807) is 0 Å². The summed E-state index contributed by atoms with van der Waals surface area (Å²) in [5.41, 5.74) is 6.70. The predicted molar refractivity (Wildman–Crippen MR) is 94.0 cm³/mol. The third-order valence-electron chi connectivity index (χ3n) is 4.46. The Bertz CT molecular complexity index is 838. The molecule has 0 aliphatic heterocycles. The normalized spacial score (nSPS) is 11.9. The molecule has 2 aromatic carbocycles. The first-order valence-corrected chi connectivity index (χ1v) is 7.87. The number of aryl methyl sites for hydroxylation is 2. The molecule has 0 amide bonds. The largest absolute Gasteiger partial charge is 0.213 e. The van der Waals surface area contributed by atoms with Crippen molar-refractivity contribution >= 4 is 10.9 Å². The van der Waals surface area contributed by atoms with Crippen LogP contribution in [0.2, 0.25) is 0 Å². The molecule has 0 aliphatic carbocycles. The lowest BCUT2D eigenvalue weighted by atomic mass is 9.86. The van der Waals surface area contributed by atoms with Crippen molar-refractivity contribution in [1.82, 2.24) is 0 Å². The Morgan fingerprint density at radius 3 is 2.27 bits per heavy atom. The van der Waals surface area contributed by atoms with Crippen LogP contribution >= 0.6 is 0 Å². The molecule has 0 bridgehead atoms. The van der Waals surface area contributed by atoms with E-state index >= 15 is 0 Å². The number of benzene rings is 2. The van der Waals surface area contributed by atoms with E-state index in [4.69, 9.17) is 0 Å². The van der Waals surface area contributed by atoms with E-state index in [9.17, 15) is 0 Å². The third-order valence-corrected chi connectivity index (χ3v) is 4.46. The van der Waals surface area contributed by atoms with Crippen LogP contribution in [0.5, 0.6) is 0 Å². The van der Waals surface area contributed by atoms with Crippen LogP contribution < -0.4 is 4.57 Å². The van der Waals surface area contributed by atoms with Crippen LogP contribution in [0.15, 0.2) is 54.6 Å². The molecule has 1 nitrogen and oxygen atoms in total. The Hall–Kier alpha value is -2.15. The molecule has 0 atom stereocenters. The van der Waals surface area contributed by atoms with E-state index in [0.29, 0.717) is 0 Å². The summed E-state index contributed by atoms with van der Waals surface area (Å²) in [6, 6.07) is 19.9. The number of hydrogen-bond acceptors (Lipinski definition) is 0. The van der Waals surface area contributed by atoms with Gasteiger partial charge in [0, 0.05) is 23.1 Å². The molecule has 0 spiro atoms. The topological polar surface area (TPSA) is 3.88 Å². The molecule has 3 rings (SSSR count). The van der Waals surface area contributed by atoms with E-state index in [0.717, 1.165) is 0 Å². The van der Waals surface area contributed by atoms with Gasteiger partial charge in [-0.1, -0.05) is 45.0 Å². The van der Waals surface area contributed by atoms with Gasteiger partial charge in [0.15, 0.2) is 0 Å². The summed E-state index contributed by atoms with van der Waals surface area (Å²) in [6.45, 7) is 8.95. The molecule has 1 aromatic heterocycles. The second-order valence-corrected chi connectivity index (χ2v) is 7.12. The summed E-state index contributed by atoms with van der Waals surface area (Å²) in [5.74, 6) is 0. The van der Waals surface area contributed by atoms with Gasteiger partial charge in [0.05, 0.1) is 0 Å². The van der Waals surface area contributed by atoms with Crippen molar-refractivity contribution in [2.24, 2.45) is 7.05 Å². The van der Waals surface area contributed by atoms with Crippen LogP contribution in [0.4, 0.5) is 0 Å². The highest BCUT2D eigenvalue weighted by molar-refractivity contribution is 5.79. The van der Waals surface area contributed by atoms with Gasteiger partial charge in [-0.3, -0.25) is 0 Å². The van der Waals surface area contributed by atoms with E-state index < -0.39 is 0 Å². The summed E-state index contributed by atoms with van der Waals surface area (Å²) in [6.07, 6.45) is 0. The Balaban J connectivity index is 2.21. The molecule has 0 N–H and O–H groups in total. The van der Waals surface area contributed by atoms with Crippen LogP contribution in [0.1, 0.15) is 31.9 Å². The van der Waals surface area contributed by atoms with Crippen molar-refractivity contribution in [3.05, 3.63) is 65.7 Å². The number of nitrogens with zero attached hydrogens (tertiary/aromatic N) is 1. The van der Waals surface area contributed by atoms with Crippen LogP contribution in [0, 0.1) is 6.92 Å². The Labute approximate surface area is 133 Å². The molecule has 0 fully saturated rings. The molecule has 0 saturated heterocycles. The molecule has 1 heteroatoms. The second-order valence-electron chi connectivity index (χ2n) is 7.12. The highest BCUT2D eigenvalue weighted by atomic mass is 14.9. The first-order chi connectivity index (χ1) is 10.4. The highest BCUT2D eigenvalue weighted by Crippen LogP contribution is 2.27. The molecule has 112 valence electrons. The predicted octanol–water partition coefficient (Wildman–Crippen LogP) is 4.94. The van der Waals surface area contributed by atoms with Crippen LogP contribution in [-0.2, 0) is 12.5 Å². The van der Waals surface area contributed by atoms with Gasteiger partial charge in [0.25, 0.3) is 0 Å². The number of rotatable bonds is 1. The lowest BCUT2D eigenvalue weighted by Gasteiger charge is -2.19. The molecule has 22 heavy (non-hydrogen) atoms. The van der Waals surface area contributed by atoms with E-state index in [1.807, 2.05) is 0 Å². The van der Waals surface area contributed by atoms with Crippen molar-refractivity contribution in [2.75, 3.05) is 0 Å². The van der Waals surface area contributed by atoms with Crippen molar-refractivity contribution < 1.29 is 4.57 Å². The molecule has 1 heterocycles. The summed E-state index contributed by atoms with van der Waals surface area (Å²) in [7, 11) is 2.15. The van der Waals surface area contributed by atoms with Crippen LogP contribution in [0.25, 0.3) is 22.2 Å². The number of fused-ring (bicyclic) bond motifs is 1. The molecule has 0 saturated carbocycles. The Morgan fingerprint density at radius 1 is 0.864 bits per heavy atom. The minimum atomic E-state index is 0.182. The van der Waals surface area contributed by atoms with Gasteiger partial charge in [-0.2, -0.15) is 4.57 Å². The van der Waals surface area contributed by atoms with Gasteiger partial charge in [0.2, 0.25) is 11.2 Å². The Morgan fingerprint density at radius 2 is 1.59 bits per heavy atom. The number of pyridine rings is 1. The highest BCUT2D eigenvalue weighted by Gasteiger charge is 2.18. The summed E-state index contributed by atoms with van der Waals surface area (Å²) >= 11 is 0. The maximum Gasteiger partial charge on any atom is 0.213 e. The standard InChI is InChI=1S/C21H24N/c1-15-8-6-7-9-18(15)20-12-10-16-14-17(21(2,3)4)11-13-19(16)22(20)5/h6-14H,1-5H3/q+1. The first-order valence-electron chi connectivity index (χ1n) is 7.87. The molecular formula is C21H24N+. The van der Waals surface area contributed by atoms with Gasteiger partial charge in [-0.15, -0.1) is 0 Å². The third kappa shape index (κ3) is 2.52. The maximum absolute atomic E-state index is 2.32. The van der Waals surface area contributed by atoms with Crippen LogP contribution in [-0.4, -0.2) is 0 Å². The van der Waals surface area contributed by atoms with Crippen molar-refractivity contribution in [1.29, 1.82) is 0 Å². The van der Waals surface area contributed by atoms with E-state index in [-0.39, 0.29) is 5.41 Å². The lowest BCUT2D eigenvalue weighted by molar-refractivity contribution is -0.633. The SMILES string of the molecule is Cc1ccccc1-c1ccc2cc(C(C)(C)C)ccc2[n+]1C. The number of aromatic nitrogens is 1. The molecule has 0 unspecified atom stereocenters. The van der Waals surface area contributed by atoms with Crippen molar-refractivity contribution in [2.45, 2.75) is 33.1 Å². The summed E-state index contributed by atoms with van der Waals surface area (Å²) in [5, 5.41) is 1.30. The molecule has 0 aliphatic rings. The monoisotopic (exact) mass is 290 g/mol. The fourth-order valence-corrected chi connectivity index (χ4v) is 3.00. The first kappa shape index (κ1) is 14.8. The van der Waals surface area contributed by atoms with Crippen LogP contribution in [0.3, 0.4) is 0 Å². The van der Waals surface area contributed by atoms with Gasteiger partial charge in [-0.25, -0.2) is 0 Å². The minimum absolute atomic E-state index is 0.182. The zero-order valence-electron chi connectivity index (χ0n) is 14.1. The van der Waals surface area contributed by atoms with E-state index in [2.05, 4.69) is 93.9 Å². The van der Waals surface area contributed by atoms with Gasteiger partial charge in [0.1, 0.15) is 7.05 Å². The van der Waals surface area contributed by atoms with Gasteiger partial charge < -0.3 is 0 Å². The van der Waals surface area contributed by atoms with Gasteiger partial charge in [-0.05, 0) is 41.7 Å². The average Bonchev–Trinajstić information content (AvgIpc) is 2.47. The van der Waals surface area contributed by atoms with Gasteiger partial charge >= 0.3 is 0 Å². The Kier molecular flexibility index (Phi) is 3.52. The smallest absolute Gasteiger partial charge is 0.194 e. The molecule has 3 aromatic rings. The number of hydrogen-bond donors (Lipinski definition) is 0. The van der Waals surface area contributed by atoms with Crippen molar-refractivity contribution in [3.8, 4) is 11.3 Å². The van der Waals surface area contributed by atoms with Crippen molar-refractivity contribution in [3.63, 3.8) is 0 Å². The summed E-state index contributed by atoms with van der Waals surface area (Å²) in [4.78, 5) is 0.